The van der Waals surface area contributed by atoms with E-state index in [1.807, 2.05) is 0 Å². The van der Waals surface area contributed by atoms with Crippen LogP contribution in [0.5, 0.6) is 0 Å². The largest absolute Gasteiger partial charge is 0.380 e. The first-order chi connectivity index (χ1) is 6.77. The molecule has 0 spiro atoms. The van der Waals surface area contributed by atoms with Crippen molar-refractivity contribution in [2.24, 2.45) is 0 Å². The van der Waals surface area contributed by atoms with Crippen LogP contribution in [0.2, 0.25) is 0 Å². The molecular weight excluding hydrogens is 184 g/mol. The van der Waals surface area contributed by atoms with Gasteiger partial charge >= 0.3 is 0 Å². The number of Topliss-reactive ketones (excluding diaryl/α,β-unsaturated/α-hetero) is 1. The minimum absolute atomic E-state index is 0.0746. The van der Waals surface area contributed by atoms with Crippen molar-refractivity contribution in [1.29, 1.82) is 0 Å². The van der Waals surface area contributed by atoms with E-state index in [1.54, 1.807) is 0 Å². The first-order valence-corrected chi connectivity index (χ1v) is 4.43. The highest BCUT2D eigenvalue weighted by atomic mass is 16.5. The molecule has 74 valence electrons. The van der Waals surface area contributed by atoms with Crippen molar-refractivity contribution < 1.29 is 9.53 Å². The number of nitrogens with one attached hydrogen (secondary N) is 1. The number of carbonyl (C=O) groups is 1. The van der Waals surface area contributed by atoms with E-state index >= 15 is 0 Å². The van der Waals surface area contributed by atoms with E-state index in [9.17, 15) is 9.59 Å². The summed E-state index contributed by atoms with van der Waals surface area (Å²) >= 11 is 0. The maximum absolute atomic E-state index is 11.5. The van der Waals surface area contributed by atoms with Gasteiger partial charge < -0.3 is 9.72 Å². The fourth-order valence-corrected chi connectivity index (χ4v) is 1.44. The molecule has 1 saturated heterocycles. The van der Waals surface area contributed by atoms with Crippen molar-refractivity contribution in [2.75, 3.05) is 13.2 Å². The van der Waals surface area contributed by atoms with Gasteiger partial charge in [-0.3, -0.25) is 9.59 Å². The molecule has 0 bridgehead atoms. The number of ether oxygens (including phenoxy) is 1. The van der Waals surface area contributed by atoms with Crippen molar-refractivity contribution in [3.05, 3.63) is 28.4 Å². The van der Waals surface area contributed by atoms with Gasteiger partial charge in [0.25, 0.3) is 5.56 Å². The molecule has 1 aliphatic heterocycles. The minimum Gasteiger partial charge on any atom is -0.380 e. The maximum Gasteiger partial charge on any atom is 0.250 e. The van der Waals surface area contributed by atoms with E-state index in [0.717, 1.165) is 0 Å². The standard InChI is InChI=1S/C9H10N2O3/c12-7-2-4-14-5-6(7)9-10-3-1-8(13)11-9/h1,3,6H,2,4-5H2,(H,10,11,13). The van der Waals surface area contributed by atoms with Crippen molar-refractivity contribution in [3.63, 3.8) is 0 Å². The topological polar surface area (TPSA) is 72.0 Å². The van der Waals surface area contributed by atoms with Crippen molar-refractivity contribution in [2.45, 2.75) is 12.3 Å². The van der Waals surface area contributed by atoms with E-state index in [4.69, 9.17) is 4.74 Å². The molecule has 2 rings (SSSR count). The summed E-state index contributed by atoms with van der Waals surface area (Å²) in [5.74, 6) is 0.0745. The van der Waals surface area contributed by atoms with Crippen LogP contribution < -0.4 is 5.56 Å². The number of rotatable bonds is 1. The third kappa shape index (κ3) is 1.72. The molecule has 1 aliphatic rings. The molecule has 1 N–H and O–H groups in total. The third-order valence-electron chi connectivity index (χ3n) is 2.19. The van der Waals surface area contributed by atoms with Gasteiger partial charge in [-0.05, 0) is 0 Å². The third-order valence-corrected chi connectivity index (χ3v) is 2.19. The van der Waals surface area contributed by atoms with Gasteiger partial charge in [0, 0.05) is 18.7 Å². The number of hydrogen-bond donors (Lipinski definition) is 1. The van der Waals surface area contributed by atoms with Gasteiger partial charge in [0.1, 0.15) is 11.6 Å². The van der Waals surface area contributed by atoms with Gasteiger partial charge in [-0.1, -0.05) is 0 Å². The van der Waals surface area contributed by atoms with Crippen LogP contribution in [0.4, 0.5) is 0 Å². The Balaban J connectivity index is 2.29. The average molecular weight is 194 g/mol. The average Bonchev–Trinajstić information content (AvgIpc) is 2.18. The molecule has 2 heterocycles. The summed E-state index contributed by atoms with van der Waals surface area (Å²) in [6.45, 7) is 0.776. The lowest BCUT2D eigenvalue weighted by Crippen LogP contribution is -2.28. The Morgan fingerprint density at radius 1 is 1.50 bits per heavy atom. The van der Waals surface area contributed by atoms with Gasteiger partial charge in [0.2, 0.25) is 0 Å². The van der Waals surface area contributed by atoms with E-state index in [1.165, 1.54) is 12.3 Å². The second kappa shape index (κ2) is 3.71. The Morgan fingerprint density at radius 3 is 3.07 bits per heavy atom. The highest BCUT2D eigenvalue weighted by molar-refractivity contribution is 5.85. The molecule has 1 aromatic heterocycles. The number of hydrogen-bond acceptors (Lipinski definition) is 4. The number of aromatic nitrogens is 2. The van der Waals surface area contributed by atoms with Crippen LogP contribution >= 0.6 is 0 Å². The summed E-state index contributed by atoms with van der Waals surface area (Å²) in [6.07, 6.45) is 1.79. The van der Waals surface area contributed by atoms with Gasteiger partial charge in [0.05, 0.1) is 19.1 Å². The van der Waals surface area contributed by atoms with Crippen LogP contribution in [0.15, 0.2) is 17.1 Å². The predicted molar refractivity (Wildman–Crippen MR) is 48.0 cm³/mol. The zero-order valence-corrected chi connectivity index (χ0v) is 7.53. The fourth-order valence-electron chi connectivity index (χ4n) is 1.44. The fraction of sp³-hybridized carbons (Fsp3) is 0.444. The monoisotopic (exact) mass is 194 g/mol. The molecule has 1 fully saturated rings. The molecule has 5 heteroatoms. The van der Waals surface area contributed by atoms with E-state index in [0.29, 0.717) is 25.5 Å². The summed E-state index contributed by atoms with van der Waals surface area (Å²) in [4.78, 5) is 29.0. The van der Waals surface area contributed by atoms with Crippen LogP contribution in [0.3, 0.4) is 0 Å². The molecule has 0 aliphatic carbocycles. The lowest BCUT2D eigenvalue weighted by Gasteiger charge is -2.19. The van der Waals surface area contributed by atoms with Crippen molar-refractivity contribution in [3.8, 4) is 0 Å². The number of aromatic amines is 1. The summed E-state index contributed by atoms with van der Waals surface area (Å²) in [6, 6.07) is 1.32. The zero-order valence-electron chi connectivity index (χ0n) is 7.53. The Labute approximate surface area is 80.1 Å². The predicted octanol–water partition coefficient (Wildman–Crippen LogP) is -0.157. The maximum atomic E-state index is 11.5. The second-order valence-electron chi connectivity index (χ2n) is 3.16. The number of carbonyl (C=O) groups excluding carboxylic acids is 1. The number of H-pyrrole nitrogens is 1. The van der Waals surface area contributed by atoms with Crippen LogP contribution in [0.1, 0.15) is 18.2 Å². The Kier molecular flexibility index (Phi) is 2.41. The van der Waals surface area contributed by atoms with Crippen LogP contribution in [-0.4, -0.2) is 29.0 Å². The number of nitrogens with zero attached hydrogens (tertiary/aromatic N) is 1. The highest BCUT2D eigenvalue weighted by Crippen LogP contribution is 2.17. The Hall–Kier alpha value is -1.49. The van der Waals surface area contributed by atoms with E-state index in [2.05, 4.69) is 9.97 Å². The first kappa shape index (κ1) is 9.08. The zero-order chi connectivity index (χ0) is 9.97. The molecule has 14 heavy (non-hydrogen) atoms. The van der Waals surface area contributed by atoms with Gasteiger partial charge in [-0.25, -0.2) is 4.98 Å². The van der Waals surface area contributed by atoms with Crippen LogP contribution in [-0.2, 0) is 9.53 Å². The molecule has 1 unspecified atom stereocenters. The molecule has 0 amide bonds. The molecule has 0 aromatic carbocycles. The SMILES string of the molecule is O=C1CCOCC1c1nccc(=O)[nH]1. The highest BCUT2D eigenvalue weighted by Gasteiger charge is 2.26. The Bertz CT molecular complexity index is 399. The minimum atomic E-state index is -0.405. The molecule has 0 radical (unpaired) electrons. The first-order valence-electron chi connectivity index (χ1n) is 4.43. The molecule has 0 saturated carbocycles. The Morgan fingerprint density at radius 2 is 2.36 bits per heavy atom. The van der Waals surface area contributed by atoms with Crippen LogP contribution in [0, 0.1) is 0 Å². The number of ketones is 1. The van der Waals surface area contributed by atoms with Gasteiger partial charge in [0.15, 0.2) is 0 Å². The normalized spacial score (nSPS) is 22.3. The smallest absolute Gasteiger partial charge is 0.250 e. The van der Waals surface area contributed by atoms with Crippen molar-refractivity contribution >= 4 is 5.78 Å². The quantitative estimate of drug-likeness (QED) is 0.674. The lowest BCUT2D eigenvalue weighted by atomic mass is 10.00. The van der Waals surface area contributed by atoms with Crippen LogP contribution in [0.25, 0.3) is 0 Å². The van der Waals surface area contributed by atoms with Crippen molar-refractivity contribution in [1.82, 2.24) is 9.97 Å². The lowest BCUT2D eigenvalue weighted by molar-refractivity contribution is -0.126. The second-order valence-corrected chi connectivity index (χ2v) is 3.16. The van der Waals surface area contributed by atoms with E-state index < -0.39 is 5.92 Å². The molecule has 1 aromatic rings. The molecule has 5 nitrogen and oxygen atoms in total. The van der Waals surface area contributed by atoms with E-state index in [-0.39, 0.29) is 11.3 Å². The molecule has 1 atom stereocenters. The van der Waals surface area contributed by atoms with Gasteiger partial charge in [-0.2, -0.15) is 0 Å². The summed E-state index contributed by atoms with van der Waals surface area (Å²) in [5, 5.41) is 0. The summed E-state index contributed by atoms with van der Waals surface area (Å²) < 4.78 is 5.16. The van der Waals surface area contributed by atoms with Gasteiger partial charge in [-0.15, -0.1) is 0 Å². The molecular formula is C9H10N2O3. The summed E-state index contributed by atoms with van der Waals surface area (Å²) in [7, 11) is 0. The summed E-state index contributed by atoms with van der Waals surface area (Å²) in [5.41, 5.74) is -0.242.